The number of hydrogen-bond donors (Lipinski definition) is 1. The van der Waals surface area contributed by atoms with Gasteiger partial charge >= 0.3 is 0 Å². The summed E-state index contributed by atoms with van der Waals surface area (Å²) in [5.41, 5.74) is 1.25. The highest BCUT2D eigenvalue weighted by Gasteiger charge is 2.18. The Morgan fingerprint density at radius 2 is 1.94 bits per heavy atom. The molecule has 0 amide bonds. The summed E-state index contributed by atoms with van der Waals surface area (Å²) in [5, 5.41) is 2.44. The standard InChI is InChI=1S/C14H21NO2/c1-16-13-8-7-11(14(9-13)17-2)10-15-12-5-3-4-6-12/h7-9,12,15H,3-6,10H2,1-2H3/p+1. The lowest BCUT2D eigenvalue weighted by atomic mass is 10.1. The molecule has 0 unspecified atom stereocenters. The van der Waals surface area contributed by atoms with Crippen molar-refractivity contribution in [2.45, 2.75) is 38.3 Å². The molecule has 0 bridgehead atoms. The first-order valence-corrected chi connectivity index (χ1v) is 6.37. The van der Waals surface area contributed by atoms with E-state index in [1.165, 1.54) is 31.2 Å². The Labute approximate surface area is 103 Å². The summed E-state index contributed by atoms with van der Waals surface area (Å²) in [6, 6.07) is 6.86. The second kappa shape index (κ2) is 5.92. The van der Waals surface area contributed by atoms with Crippen LogP contribution in [0.4, 0.5) is 0 Å². The van der Waals surface area contributed by atoms with Crippen molar-refractivity contribution < 1.29 is 14.8 Å². The third-order valence-electron chi connectivity index (χ3n) is 3.57. The minimum atomic E-state index is 0.807. The Morgan fingerprint density at radius 3 is 2.59 bits per heavy atom. The average molecular weight is 236 g/mol. The van der Waals surface area contributed by atoms with Crippen LogP contribution in [-0.2, 0) is 6.54 Å². The van der Waals surface area contributed by atoms with Crippen molar-refractivity contribution in [1.29, 1.82) is 0 Å². The van der Waals surface area contributed by atoms with E-state index < -0.39 is 0 Å². The summed E-state index contributed by atoms with van der Waals surface area (Å²) < 4.78 is 10.6. The molecule has 94 valence electrons. The van der Waals surface area contributed by atoms with Gasteiger partial charge in [0.15, 0.2) is 0 Å². The van der Waals surface area contributed by atoms with Crippen molar-refractivity contribution in [3.05, 3.63) is 23.8 Å². The van der Waals surface area contributed by atoms with Gasteiger partial charge in [0.1, 0.15) is 18.0 Å². The lowest BCUT2D eigenvalue weighted by molar-refractivity contribution is -0.703. The maximum atomic E-state index is 5.40. The highest BCUT2D eigenvalue weighted by molar-refractivity contribution is 5.40. The van der Waals surface area contributed by atoms with Crippen LogP contribution in [-0.4, -0.2) is 20.3 Å². The van der Waals surface area contributed by atoms with Crippen LogP contribution in [0.1, 0.15) is 31.2 Å². The maximum Gasteiger partial charge on any atom is 0.131 e. The number of hydrogen-bond acceptors (Lipinski definition) is 2. The second-order valence-electron chi connectivity index (χ2n) is 4.66. The molecule has 2 rings (SSSR count). The third-order valence-corrected chi connectivity index (χ3v) is 3.57. The summed E-state index contributed by atoms with van der Waals surface area (Å²) >= 11 is 0. The molecule has 0 saturated heterocycles. The minimum Gasteiger partial charge on any atom is -0.497 e. The quantitative estimate of drug-likeness (QED) is 0.844. The molecule has 0 heterocycles. The normalized spacial score (nSPS) is 16.1. The fraction of sp³-hybridized carbons (Fsp3) is 0.571. The van der Waals surface area contributed by atoms with E-state index in [4.69, 9.17) is 9.47 Å². The number of ether oxygens (including phenoxy) is 2. The van der Waals surface area contributed by atoms with Crippen LogP contribution in [0.5, 0.6) is 11.5 Å². The van der Waals surface area contributed by atoms with E-state index in [1.54, 1.807) is 14.2 Å². The first-order chi connectivity index (χ1) is 8.33. The third kappa shape index (κ3) is 3.13. The van der Waals surface area contributed by atoms with E-state index in [2.05, 4.69) is 11.4 Å². The number of nitrogens with two attached hydrogens (primary N) is 1. The fourth-order valence-corrected chi connectivity index (χ4v) is 2.51. The van der Waals surface area contributed by atoms with E-state index in [0.717, 1.165) is 24.1 Å². The lowest BCUT2D eigenvalue weighted by Gasteiger charge is -2.12. The molecule has 0 atom stereocenters. The SMILES string of the molecule is COc1ccc(C[NH2+]C2CCCC2)c(OC)c1. The van der Waals surface area contributed by atoms with Crippen molar-refractivity contribution in [3.8, 4) is 11.5 Å². The molecule has 1 saturated carbocycles. The predicted octanol–water partition coefficient (Wildman–Crippen LogP) is 1.71. The highest BCUT2D eigenvalue weighted by Crippen LogP contribution is 2.24. The number of quaternary nitrogens is 1. The fourth-order valence-electron chi connectivity index (χ4n) is 2.51. The van der Waals surface area contributed by atoms with E-state index >= 15 is 0 Å². The topological polar surface area (TPSA) is 35.1 Å². The first kappa shape index (κ1) is 12.2. The van der Waals surface area contributed by atoms with Crippen molar-refractivity contribution in [3.63, 3.8) is 0 Å². The van der Waals surface area contributed by atoms with Gasteiger partial charge in [0.25, 0.3) is 0 Å². The highest BCUT2D eigenvalue weighted by atomic mass is 16.5. The van der Waals surface area contributed by atoms with Crippen LogP contribution in [0.25, 0.3) is 0 Å². The van der Waals surface area contributed by atoms with E-state index in [-0.39, 0.29) is 0 Å². The van der Waals surface area contributed by atoms with Gasteiger partial charge in [0, 0.05) is 11.6 Å². The second-order valence-corrected chi connectivity index (χ2v) is 4.66. The smallest absolute Gasteiger partial charge is 0.131 e. The predicted molar refractivity (Wildman–Crippen MR) is 67.4 cm³/mol. The van der Waals surface area contributed by atoms with Gasteiger partial charge in [-0.05, 0) is 37.8 Å². The molecular weight excluding hydrogens is 214 g/mol. The number of methoxy groups -OCH3 is 2. The molecule has 0 aliphatic heterocycles. The minimum absolute atomic E-state index is 0.807. The van der Waals surface area contributed by atoms with Gasteiger partial charge in [-0.2, -0.15) is 0 Å². The van der Waals surface area contributed by atoms with Crippen molar-refractivity contribution in [1.82, 2.24) is 0 Å². The molecule has 1 aliphatic rings. The van der Waals surface area contributed by atoms with Gasteiger partial charge in [0.2, 0.25) is 0 Å². The Balaban J connectivity index is 1.98. The van der Waals surface area contributed by atoms with E-state index in [0.29, 0.717) is 0 Å². The molecule has 1 aliphatic carbocycles. The average Bonchev–Trinajstić information content (AvgIpc) is 2.89. The lowest BCUT2D eigenvalue weighted by Crippen LogP contribution is -2.87. The zero-order valence-electron chi connectivity index (χ0n) is 10.7. The van der Waals surface area contributed by atoms with Gasteiger partial charge in [-0.3, -0.25) is 0 Å². The molecule has 0 aromatic heterocycles. The van der Waals surface area contributed by atoms with Crippen molar-refractivity contribution >= 4 is 0 Å². The van der Waals surface area contributed by atoms with Gasteiger partial charge in [0.05, 0.1) is 20.3 Å². The number of rotatable bonds is 5. The molecule has 0 spiro atoms. The molecule has 17 heavy (non-hydrogen) atoms. The summed E-state index contributed by atoms with van der Waals surface area (Å²) in [6.07, 6.45) is 5.50. The molecule has 3 heteroatoms. The maximum absolute atomic E-state index is 5.40. The zero-order chi connectivity index (χ0) is 12.1. The summed E-state index contributed by atoms with van der Waals surface area (Å²) in [4.78, 5) is 0. The zero-order valence-corrected chi connectivity index (χ0v) is 10.7. The molecule has 2 N–H and O–H groups in total. The number of benzene rings is 1. The van der Waals surface area contributed by atoms with Crippen LogP contribution in [0.15, 0.2) is 18.2 Å². The largest absolute Gasteiger partial charge is 0.497 e. The molecular formula is C14H22NO2+. The van der Waals surface area contributed by atoms with Crippen LogP contribution < -0.4 is 14.8 Å². The van der Waals surface area contributed by atoms with Crippen LogP contribution in [0.3, 0.4) is 0 Å². The van der Waals surface area contributed by atoms with Crippen molar-refractivity contribution in [2.75, 3.05) is 14.2 Å². The Bertz CT molecular complexity index is 359. The molecule has 1 fully saturated rings. The summed E-state index contributed by atoms with van der Waals surface area (Å²) in [6.45, 7) is 0.998. The van der Waals surface area contributed by atoms with Crippen LogP contribution >= 0.6 is 0 Å². The molecule has 1 aromatic rings. The van der Waals surface area contributed by atoms with Crippen molar-refractivity contribution in [2.24, 2.45) is 0 Å². The van der Waals surface area contributed by atoms with Crippen LogP contribution in [0.2, 0.25) is 0 Å². The summed E-state index contributed by atoms with van der Waals surface area (Å²) in [5.74, 6) is 1.78. The first-order valence-electron chi connectivity index (χ1n) is 6.37. The molecule has 0 radical (unpaired) electrons. The summed E-state index contributed by atoms with van der Waals surface area (Å²) in [7, 11) is 3.40. The monoisotopic (exact) mass is 236 g/mol. The van der Waals surface area contributed by atoms with Crippen LogP contribution in [0, 0.1) is 0 Å². The molecule has 3 nitrogen and oxygen atoms in total. The Kier molecular flexibility index (Phi) is 4.26. The Morgan fingerprint density at radius 1 is 1.18 bits per heavy atom. The van der Waals surface area contributed by atoms with E-state index in [1.807, 2.05) is 12.1 Å². The Hall–Kier alpha value is -1.22. The van der Waals surface area contributed by atoms with Gasteiger partial charge in [-0.1, -0.05) is 0 Å². The van der Waals surface area contributed by atoms with Gasteiger partial charge in [-0.25, -0.2) is 0 Å². The molecule has 1 aromatic carbocycles. The van der Waals surface area contributed by atoms with E-state index in [9.17, 15) is 0 Å². The van der Waals surface area contributed by atoms with Gasteiger partial charge < -0.3 is 14.8 Å². The van der Waals surface area contributed by atoms with Gasteiger partial charge in [-0.15, -0.1) is 0 Å².